The van der Waals surface area contributed by atoms with Crippen molar-refractivity contribution in [3.05, 3.63) is 77.6 Å². The van der Waals surface area contributed by atoms with Crippen LogP contribution in [-0.4, -0.2) is 47.4 Å². The van der Waals surface area contributed by atoms with Crippen LogP contribution >= 0.6 is 0 Å². The van der Waals surface area contributed by atoms with E-state index in [-0.39, 0.29) is 0 Å². The topological polar surface area (TPSA) is 90.8 Å². The number of pyridine rings is 2. The first kappa shape index (κ1) is 20.8. The fourth-order valence-corrected chi connectivity index (χ4v) is 3.51. The number of nitrogens with zero attached hydrogens (tertiary/aromatic N) is 4. The number of benzene rings is 1. The van der Waals surface area contributed by atoms with E-state index in [1.54, 1.807) is 17.6 Å². The molecule has 0 spiro atoms. The summed E-state index contributed by atoms with van der Waals surface area (Å²) in [6.45, 7) is 5.66. The van der Waals surface area contributed by atoms with Crippen LogP contribution in [0.3, 0.4) is 0 Å². The van der Waals surface area contributed by atoms with Crippen LogP contribution in [0.4, 0.5) is 17.3 Å². The molecule has 1 amide bonds. The fraction of sp³-hybridized carbons (Fsp3) is 0.261. The maximum atomic E-state index is 11.6. The molecule has 1 saturated heterocycles. The van der Waals surface area contributed by atoms with Gasteiger partial charge in [-0.25, -0.2) is 15.4 Å². The number of anilines is 3. The molecule has 1 aromatic carbocycles. The molecular formula is C23H25N5O3. The van der Waals surface area contributed by atoms with Crippen LogP contribution in [0.2, 0.25) is 0 Å². The highest BCUT2D eigenvalue weighted by Crippen LogP contribution is 2.26. The normalized spacial score (nSPS) is 13.7. The lowest BCUT2D eigenvalue weighted by Crippen LogP contribution is -2.36. The van der Waals surface area contributed by atoms with Gasteiger partial charge in [-0.15, -0.1) is 0 Å². The molecule has 8 heteroatoms. The average Bonchev–Trinajstić information content (AvgIpc) is 2.83. The molecule has 0 atom stereocenters. The minimum absolute atomic E-state index is 0.388. The molecule has 0 unspecified atom stereocenters. The number of nitrogens with one attached hydrogen (secondary N) is 1. The van der Waals surface area contributed by atoms with Gasteiger partial charge in [0.2, 0.25) is 0 Å². The van der Waals surface area contributed by atoms with Crippen LogP contribution in [0.1, 0.15) is 21.6 Å². The Labute approximate surface area is 181 Å². The Balaban J connectivity index is 1.61. The molecule has 3 heterocycles. The van der Waals surface area contributed by atoms with Crippen LogP contribution in [0, 0.1) is 6.92 Å². The van der Waals surface area contributed by atoms with E-state index >= 15 is 0 Å². The summed E-state index contributed by atoms with van der Waals surface area (Å²) in [6.07, 6.45) is 1.89. The molecule has 160 valence electrons. The van der Waals surface area contributed by atoms with Crippen LogP contribution in [0.15, 0.2) is 60.8 Å². The largest absolute Gasteiger partial charge is 0.378 e. The van der Waals surface area contributed by atoms with E-state index in [4.69, 9.17) is 14.9 Å². The van der Waals surface area contributed by atoms with Crippen LogP contribution in [0.5, 0.6) is 0 Å². The van der Waals surface area contributed by atoms with Crippen molar-refractivity contribution in [2.24, 2.45) is 0 Å². The number of hydrogen-bond acceptors (Lipinski definition) is 7. The quantitative estimate of drug-likeness (QED) is 0.469. The minimum atomic E-state index is -0.538. The number of ether oxygens (including phenoxy) is 1. The van der Waals surface area contributed by atoms with Crippen molar-refractivity contribution in [1.29, 1.82) is 0 Å². The Hall–Kier alpha value is -3.49. The third-order valence-corrected chi connectivity index (χ3v) is 5.19. The van der Waals surface area contributed by atoms with Crippen LogP contribution in [-0.2, 0) is 11.3 Å². The molecular weight excluding hydrogens is 394 g/mol. The van der Waals surface area contributed by atoms with Gasteiger partial charge in [-0.3, -0.25) is 10.0 Å². The summed E-state index contributed by atoms with van der Waals surface area (Å²) < 4.78 is 5.43. The van der Waals surface area contributed by atoms with Gasteiger partial charge in [-0.1, -0.05) is 18.2 Å². The van der Waals surface area contributed by atoms with Gasteiger partial charge in [0, 0.05) is 24.3 Å². The second-order valence-electron chi connectivity index (χ2n) is 7.34. The lowest BCUT2D eigenvalue weighted by molar-refractivity contribution is 0.0706. The average molecular weight is 419 g/mol. The number of carbonyl (C=O) groups is 1. The second-order valence-corrected chi connectivity index (χ2v) is 7.34. The van der Waals surface area contributed by atoms with E-state index < -0.39 is 5.91 Å². The molecule has 3 aromatic rings. The molecule has 1 aliphatic heterocycles. The Kier molecular flexibility index (Phi) is 6.40. The molecule has 8 nitrogen and oxygen atoms in total. The number of aromatic nitrogens is 2. The third kappa shape index (κ3) is 4.99. The monoisotopic (exact) mass is 419 g/mol. The fourth-order valence-electron chi connectivity index (χ4n) is 3.51. The zero-order valence-corrected chi connectivity index (χ0v) is 17.4. The maximum absolute atomic E-state index is 11.6. The number of morpholine rings is 1. The predicted octanol–water partition coefficient (Wildman–Crippen LogP) is 3.08. The summed E-state index contributed by atoms with van der Waals surface area (Å²) >= 11 is 0. The molecule has 0 aliphatic carbocycles. The summed E-state index contributed by atoms with van der Waals surface area (Å²) in [5.74, 6) is 1.04. The first-order valence-electron chi connectivity index (χ1n) is 10.2. The van der Waals surface area contributed by atoms with Crippen LogP contribution < -0.4 is 15.3 Å². The number of hydrogen-bond donors (Lipinski definition) is 2. The number of carbonyl (C=O) groups excluding carboxylic acids is 1. The van der Waals surface area contributed by atoms with E-state index in [2.05, 4.69) is 16.0 Å². The highest BCUT2D eigenvalue weighted by atomic mass is 16.5. The molecule has 2 aromatic heterocycles. The number of aryl methyl sites for hydroxylation is 1. The molecule has 0 radical (unpaired) electrons. The Morgan fingerprint density at radius 1 is 1.10 bits per heavy atom. The SMILES string of the molecule is Cc1cccc(N(Cc2ccc(C(=O)NO)cc2)c2ccc(N3CCOCC3)cn2)n1. The first-order valence-corrected chi connectivity index (χ1v) is 10.2. The van der Waals surface area contributed by atoms with Gasteiger partial charge >= 0.3 is 0 Å². The molecule has 4 rings (SSSR count). The van der Waals surface area contributed by atoms with Crippen molar-refractivity contribution in [3.63, 3.8) is 0 Å². The molecule has 1 fully saturated rings. The first-order chi connectivity index (χ1) is 15.1. The van der Waals surface area contributed by atoms with E-state index in [1.165, 1.54) is 0 Å². The maximum Gasteiger partial charge on any atom is 0.274 e. The summed E-state index contributed by atoms with van der Waals surface area (Å²) in [4.78, 5) is 25.3. The zero-order valence-electron chi connectivity index (χ0n) is 17.4. The molecule has 1 aliphatic rings. The molecule has 0 saturated carbocycles. The lowest BCUT2D eigenvalue weighted by atomic mass is 10.1. The molecule has 31 heavy (non-hydrogen) atoms. The zero-order chi connectivity index (χ0) is 21.6. The van der Waals surface area contributed by atoms with E-state index in [0.717, 1.165) is 54.9 Å². The highest BCUT2D eigenvalue weighted by Gasteiger charge is 2.16. The van der Waals surface area contributed by atoms with Crippen molar-refractivity contribution in [2.75, 3.05) is 36.1 Å². The summed E-state index contributed by atoms with van der Waals surface area (Å²) in [5.41, 5.74) is 5.01. The predicted molar refractivity (Wildman–Crippen MR) is 118 cm³/mol. The summed E-state index contributed by atoms with van der Waals surface area (Å²) in [5, 5.41) is 8.81. The standard InChI is InChI=1S/C23H25N5O3/c1-17-3-2-4-22(25-17)28(16-18-5-7-19(8-6-18)23(29)26-30)21-10-9-20(15-24-21)27-11-13-31-14-12-27/h2-10,15,30H,11-14,16H2,1H3,(H,26,29). The second kappa shape index (κ2) is 9.55. The highest BCUT2D eigenvalue weighted by molar-refractivity contribution is 5.93. The number of amides is 1. The van der Waals surface area contributed by atoms with E-state index in [0.29, 0.717) is 12.1 Å². The molecule has 2 N–H and O–H groups in total. The van der Waals surface area contributed by atoms with Crippen molar-refractivity contribution >= 4 is 23.2 Å². The van der Waals surface area contributed by atoms with Crippen molar-refractivity contribution in [2.45, 2.75) is 13.5 Å². The van der Waals surface area contributed by atoms with Gasteiger partial charge in [-0.2, -0.15) is 0 Å². The van der Waals surface area contributed by atoms with Crippen molar-refractivity contribution in [3.8, 4) is 0 Å². The van der Waals surface area contributed by atoms with E-state index in [1.807, 2.05) is 54.4 Å². The van der Waals surface area contributed by atoms with Crippen molar-refractivity contribution < 1.29 is 14.7 Å². The summed E-state index contributed by atoms with van der Waals surface area (Å²) in [6, 6.07) is 17.0. The number of rotatable bonds is 6. The smallest absolute Gasteiger partial charge is 0.274 e. The Bertz CT molecular complexity index is 1020. The van der Waals surface area contributed by atoms with E-state index in [9.17, 15) is 4.79 Å². The third-order valence-electron chi connectivity index (χ3n) is 5.19. The van der Waals surface area contributed by atoms with Crippen molar-refractivity contribution in [1.82, 2.24) is 15.4 Å². The Morgan fingerprint density at radius 2 is 1.87 bits per heavy atom. The Morgan fingerprint density at radius 3 is 2.52 bits per heavy atom. The van der Waals surface area contributed by atoms with Gasteiger partial charge < -0.3 is 14.5 Å². The minimum Gasteiger partial charge on any atom is -0.378 e. The summed E-state index contributed by atoms with van der Waals surface area (Å²) in [7, 11) is 0. The molecule has 0 bridgehead atoms. The van der Waals surface area contributed by atoms with Gasteiger partial charge in [0.15, 0.2) is 0 Å². The van der Waals surface area contributed by atoms with Gasteiger partial charge in [0.25, 0.3) is 5.91 Å². The van der Waals surface area contributed by atoms with Crippen LogP contribution in [0.25, 0.3) is 0 Å². The van der Waals surface area contributed by atoms with Gasteiger partial charge in [-0.05, 0) is 48.9 Å². The van der Waals surface area contributed by atoms with Gasteiger partial charge in [0.1, 0.15) is 11.6 Å². The lowest BCUT2D eigenvalue weighted by Gasteiger charge is -2.29. The van der Waals surface area contributed by atoms with Gasteiger partial charge in [0.05, 0.1) is 31.6 Å². The number of hydroxylamine groups is 1.